The number of anilines is 1. The number of rotatable bonds is 2. The van der Waals surface area contributed by atoms with Gasteiger partial charge in [-0.05, 0) is 12.1 Å². The molecule has 2 N–H and O–H groups in total. The highest BCUT2D eigenvalue weighted by molar-refractivity contribution is 5.46. The Labute approximate surface area is 76.5 Å². The molecule has 0 unspecified atom stereocenters. The summed E-state index contributed by atoms with van der Waals surface area (Å²) in [6, 6.07) is 1.99. The van der Waals surface area contributed by atoms with Gasteiger partial charge in [-0.2, -0.15) is 0 Å². The Morgan fingerprint density at radius 1 is 1.36 bits per heavy atom. The van der Waals surface area contributed by atoms with Crippen molar-refractivity contribution in [3.05, 3.63) is 17.8 Å². The highest BCUT2D eigenvalue weighted by Gasteiger charge is 2.32. The van der Waals surface area contributed by atoms with E-state index >= 15 is 0 Å². The average Bonchev–Trinajstić information content (AvgIpc) is 2.06. The quantitative estimate of drug-likeness (QED) is 0.759. The number of alkyl halides is 4. The van der Waals surface area contributed by atoms with E-state index < -0.39 is 24.6 Å². The molecule has 1 aromatic heterocycles. The summed E-state index contributed by atoms with van der Waals surface area (Å²) in [6.07, 6.45) is -4.83. The third-order valence-corrected chi connectivity index (χ3v) is 1.31. The Balaban J connectivity index is 2.89. The lowest BCUT2D eigenvalue weighted by atomic mass is 10.3. The van der Waals surface area contributed by atoms with Crippen molar-refractivity contribution in [2.75, 3.05) is 5.73 Å². The van der Waals surface area contributed by atoms with E-state index in [2.05, 4.69) is 9.72 Å². The number of halogens is 4. The number of nitrogens with two attached hydrogens (primary N) is 1. The maximum atomic E-state index is 12.0. The highest BCUT2D eigenvalue weighted by Crippen LogP contribution is 2.26. The molecule has 3 nitrogen and oxygen atoms in total. The van der Waals surface area contributed by atoms with E-state index in [1.165, 1.54) is 0 Å². The van der Waals surface area contributed by atoms with Crippen LogP contribution in [0.25, 0.3) is 0 Å². The molecular weight excluding hydrogens is 204 g/mol. The van der Waals surface area contributed by atoms with E-state index in [1.807, 2.05) is 0 Å². The zero-order chi connectivity index (χ0) is 10.8. The van der Waals surface area contributed by atoms with Gasteiger partial charge in [0.1, 0.15) is 6.67 Å². The van der Waals surface area contributed by atoms with E-state index in [-0.39, 0.29) is 5.69 Å². The lowest BCUT2D eigenvalue weighted by Crippen LogP contribution is -2.18. The van der Waals surface area contributed by atoms with Crippen molar-refractivity contribution in [2.24, 2.45) is 0 Å². The lowest BCUT2D eigenvalue weighted by molar-refractivity contribution is -0.274. The van der Waals surface area contributed by atoms with Gasteiger partial charge in [-0.15, -0.1) is 13.2 Å². The predicted molar refractivity (Wildman–Crippen MR) is 40.1 cm³/mol. The maximum Gasteiger partial charge on any atom is 0.573 e. The molecule has 78 valence electrons. The van der Waals surface area contributed by atoms with Gasteiger partial charge in [-0.3, -0.25) is 0 Å². The molecule has 0 aliphatic heterocycles. The van der Waals surface area contributed by atoms with Gasteiger partial charge in [-0.1, -0.05) is 0 Å². The van der Waals surface area contributed by atoms with Crippen LogP contribution in [0, 0.1) is 0 Å². The summed E-state index contributed by atoms with van der Waals surface area (Å²) < 4.78 is 50.7. The van der Waals surface area contributed by atoms with Crippen LogP contribution < -0.4 is 10.5 Å². The van der Waals surface area contributed by atoms with Crippen LogP contribution in [-0.2, 0) is 6.67 Å². The Kier molecular flexibility index (Phi) is 2.78. The number of hydrogen-bond donors (Lipinski definition) is 1. The van der Waals surface area contributed by atoms with E-state index in [0.717, 1.165) is 12.1 Å². The van der Waals surface area contributed by atoms with E-state index in [4.69, 9.17) is 5.73 Å². The first-order valence-electron chi connectivity index (χ1n) is 3.49. The van der Waals surface area contributed by atoms with Crippen LogP contribution in [0.5, 0.6) is 5.75 Å². The molecule has 0 aliphatic rings. The molecule has 0 atom stereocenters. The molecule has 0 radical (unpaired) electrons. The Bertz CT molecular complexity index is 326. The smallest absolute Gasteiger partial charge is 0.402 e. The van der Waals surface area contributed by atoms with Crippen molar-refractivity contribution in [3.63, 3.8) is 0 Å². The van der Waals surface area contributed by atoms with Crippen molar-refractivity contribution in [1.29, 1.82) is 0 Å². The topological polar surface area (TPSA) is 48.1 Å². The minimum Gasteiger partial charge on any atom is -0.402 e. The number of nitrogens with zero attached hydrogens (tertiary/aromatic N) is 1. The minimum atomic E-state index is -4.83. The van der Waals surface area contributed by atoms with Crippen LogP contribution in [0.4, 0.5) is 23.4 Å². The fourth-order valence-electron chi connectivity index (χ4n) is 0.790. The summed E-state index contributed by atoms with van der Waals surface area (Å²) in [5, 5.41) is 0. The SMILES string of the molecule is Nc1nc(CF)ccc1OC(F)(F)F. The maximum absolute atomic E-state index is 12.0. The van der Waals surface area contributed by atoms with Gasteiger partial charge in [0.05, 0.1) is 5.69 Å². The molecule has 7 heteroatoms. The Morgan fingerprint density at radius 3 is 2.43 bits per heavy atom. The predicted octanol–water partition coefficient (Wildman–Crippen LogP) is 2.03. The van der Waals surface area contributed by atoms with Gasteiger partial charge in [0.2, 0.25) is 0 Å². The molecule has 0 spiro atoms. The first kappa shape index (κ1) is 10.6. The van der Waals surface area contributed by atoms with Crippen LogP contribution in [0.15, 0.2) is 12.1 Å². The number of aromatic nitrogens is 1. The molecule has 0 aromatic carbocycles. The van der Waals surface area contributed by atoms with Gasteiger partial charge in [0.15, 0.2) is 11.6 Å². The summed E-state index contributed by atoms with van der Waals surface area (Å²) in [7, 11) is 0. The number of pyridine rings is 1. The Hall–Kier alpha value is -1.53. The standard InChI is InChI=1S/C7H6F4N2O/c8-3-4-1-2-5(6(12)13-4)14-7(9,10)11/h1-2H,3H2,(H2,12,13). The van der Waals surface area contributed by atoms with Gasteiger partial charge in [0, 0.05) is 0 Å². The van der Waals surface area contributed by atoms with Crippen molar-refractivity contribution in [1.82, 2.24) is 4.98 Å². The molecule has 1 rings (SSSR count). The molecule has 0 amide bonds. The molecule has 0 aliphatic carbocycles. The second-order valence-corrected chi connectivity index (χ2v) is 2.37. The van der Waals surface area contributed by atoms with Crippen LogP contribution in [-0.4, -0.2) is 11.3 Å². The molecule has 0 fully saturated rings. The average molecular weight is 210 g/mol. The summed E-state index contributed by atoms with van der Waals surface area (Å²) in [4.78, 5) is 3.35. The van der Waals surface area contributed by atoms with Crippen LogP contribution in [0.1, 0.15) is 5.69 Å². The lowest BCUT2D eigenvalue weighted by Gasteiger charge is -2.10. The van der Waals surface area contributed by atoms with E-state index in [1.54, 1.807) is 0 Å². The van der Waals surface area contributed by atoms with E-state index in [9.17, 15) is 17.6 Å². The molecular formula is C7H6F4N2O. The van der Waals surface area contributed by atoms with Gasteiger partial charge in [0.25, 0.3) is 0 Å². The van der Waals surface area contributed by atoms with Crippen LogP contribution >= 0.6 is 0 Å². The summed E-state index contributed by atoms with van der Waals surface area (Å²) in [5.41, 5.74) is 5.06. The molecule has 0 bridgehead atoms. The van der Waals surface area contributed by atoms with Crippen LogP contribution in [0.2, 0.25) is 0 Å². The van der Waals surface area contributed by atoms with Gasteiger partial charge >= 0.3 is 6.36 Å². The zero-order valence-corrected chi connectivity index (χ0v) is 6.81. The van der Waals surface area contributed by atoms with Crippen molar-refractivity contribution in [2.45, 2.75) is 13.0 Å². The largest absolute Gasteiger partial charge is 0.573 e. The first-order chi connectivity index (χ1) is 6.42. The van der Waals surface area contributed by atoms with Gasteiger partial charge < -0.3 is 10.5 Å². The molecule has 0 saturated carbocycles. The third-order valence-electron chi connectivity index (χ3n) is 1.31. The highest BCUT2D eigenvalue weighted by atomic mass is 19.4. The molecule has 0 saturated heterocycles. The Morgan fingerprint density at radius 2 is 2.00 bits per heavy atom. The monoisotopic (exact) mass is 210 g/mol. The van der Waals surface area contributed by atoms with Crippen molar-refractivity contribution in [3.8, 4) is 5.75 Å². The number of ether oxygens (including phenoxy) is 1. The fraction of sp³-hybridized carbons (Fsp3) is 0.286. The first-order valence-corrected chi connectivity index (χ1v) is 3.49. The number of nitrogen functional groups attached to an aromatic ring is 1. The third kappa shape index (κ3) is 2.75. The van der Waals surface area contributed by atoms with Crippen molar-refractivity contribution >= 4 is 5.82 Å². The normalized spacial score (nSPS) is 11.4. The molecule has 1 heterocycles. The summed E-state index contributed by atoms with van der Waals surface area (Å²) in [6.45, 7) is -0.892. The summed E-state index contributed by atoms with van der Waals surface area (Å²) in [5.74, 6) is -1.12. The summed E-state index contributed by atoms with van der Waals surface area (Å²) >= 11 is 0. The second kappa shape index (κ2) is 3.69. The van der Waals surface area contributed by atoms with Gasteiger partial charge in [-0.25, -0.2) is 9.37 Å². The fourth-order valence-corrected chi connectivity index (χ4v) is 0.790. The van der Waals surface area contributed by atoms with Crippen LogP contribution in [0.3, 0.4) is 0 Å². The van der Waals surface area contributed by atoms with Crippen molar-refractivity contribution < 1.29 is 22.3 Å². The molecule has 1 aromatic rings. The number of hydrogen-bond acceptors (Lipinski definition) is 3. The van der Waals surface area contributed by atoms with E-state index in [0.29, 0.717) is 0 Å². The molecule has 14 heavy (non-hydrogen) atoms. The minimum absolute atomic E-state index is 0.0444. The second-order valence-electron chi connectivity index (χ2n) is 2.37. The zero-order valence-electron chi connectivity index (χ0n) is 6.81.